The van der Waals surface area contributed by atoms with Crippen molar-refractivity contribution >= 4 is 11.9 Å². The Kier molecular flexibility index (Phi) is 2.41. The van der Waals surface area contributed by atoms with Gasteiger partial charge in [-0.1, -0.05) is 6.07 Å². The SMILES string of the molecule is CC(=O)Oc1ccc2c(c1)OC(=O)CC2. The van der Waals surface area contributed by atoms with Gasteiger partial charge >= 0.3 is 11.9 Å². The van der Waals surface area contributed by atoms with E-state index >= 15 is 0 Å². The molecule has 0 saturated carbocycles. The van der Waals surface area contributed by atoms with Crippen LogP contribution in [0.25, 0.3) is 0 Å². The zero-order valence-corrected chi connectivity index (χ0v) is 8.28. The minimum atomic E-state index is -0.392. The first-order valence-corrected chi connectivity index (χ1v) is 4.67. The Morgan fingerprint density at radius 3 is 2.93 bits per heavy atom. The van der Waals surface area contributed by atoms with E-state index in [0.29, 0.717) is 24.3 Å². The summed E-state index contributed by atoms with van der Waals surface area (Å²) in [4.78, 5) is 21.7. The maximum absolute atomic E-state index is 11.0. The fourth-order valence-corrected chi connectivity index (χ4v) is 1.48. The molecule has 15 heavy (non-hydrogen) atoms. The number of carbonyl (C=O) groups excluding carboxylic acids is 2. The van der Waals surface area contributed by atoms with Crippen molar-refractivity contribution < 1.29 is 19.1 Å². The maximum atomic E-state index is 11.0. The van der Waals surface area contributed by atoms with Crippen molar-refractivity contribution in [1.82, 2.24) is 0 Å². The number of carbonyl (C=O) groups is 2. The van der Waals surface area contributed by atoms with E-state index in [4.69, 9.17) is 9.47 Å². The number of benzene rings is 1. The van der Waals surface area contributed by atoms with Crippen LogP contribution in [-0.4, -0.2) is 11.9 Å². The van der Waals surface area contributed by atoms with E-state index in [1.54, 1.807) is 18.2 Å². The topological polar surface area (TPSA) is 52.6 Å². The highest BCUT2D eigenvalue weighted by atomic mass is 16.5. The van der Waals surface area contributed by atoms with Crippen LogP contribution >= 0.6 is 0 Å². The number of hydrogen-bond acceptors (Lipinski definition) is 4. The number of hydrogen-bond donors (Lipinski definition) is 0. The average Bonchev–Trinajstić information content (AvgIpc) is 2.16. The van der Waals surface area contributed by atoms with Gasteiger partial charge in [-0.3, -0.25) is 9.59 Å². The highest BCUT2D eigenvalue weighted by Gasteiger charge is 2.17. The quantitative estimate of drug-likeness (QED) is 0.515. The molecule has 2 rings (SSSR count). The lowest BCUT2D eigenvalue weighted by Gasteiger charge is -2.15. The van der Waals surface area contributed by atoms with Gasteiger partial charge in [0, 0.05) is 13.0 Å². The molecule has 0 N–H and O–H groups in total. The molecule has 0 amide bonds. The van der Waals surface area contributed by atoms with Gasteiger partial charge in [0.05, 0.1) is 6.42 Å². The molecule has 4 heteroatoms. The van der Waals surface area contributed by atoms with E-state index in [-0.39, 0.29) is 5.97 Å². The molecule has 0 fully saturated rings. The number of aryl methyl sites for hydroxylation is 1. The monoisotopic (exact) mass is 206 g/mol. The zero-order chi connectivity index (χ0) is 10.8. The van der Waals surface area contributed by atoms with Gasteiger partial charge < -0.3 is 9.47 Å². The molecular formula is C11H10O4. The Balaban J connectivity index is 2.28. The molecule has 0 aromatic heterocycles. The van der Waals surface area contributed by atoms with Crippen molar-refractivity contribution in [3.63, 3.8) is 0 Å². The second-order valence-corrected chi connectivity index (χ2v) is 3.34. The van der Waals surface area contributed by atoms with Crippen LogP contribution in [0.2, 0.25) is 0 Å². The number of ether oxygens (including phenoxy) is 2. The van der Waals surface area contributed by atoms with Gasteiger partial charge in [0.15, 0.2) is 0 Å². The summed E-state index contributed by atoms with van der Waals surface area (Å²) in [6.45, 7) is 1.32. The Morgan fingerprint density at radius 2 is 2.20 bits per heavy atom. The molecule has 0 bridgehead atoms. The molecular weight excluding hydrogens is 196 g/mol. The van der Waals surface area contributed by atoms with Crippen molar-refractivity contribution in [2.75, 3.05) is 0 Å². The van der Waals surface area contributed by atoms with Gasteiger partial charge in [0.2, 0.25) is 0 Å². The summed E-state index contributed by atoms with van der Waals surface area (Å²) in [6.07, 6.45) is 1.08. The van der Waals surface area contributed by atoms with Crippen molar-refractivity contribution in [3.05, 3.63) is 23.8 Å². The Labute approximate surface area is 86.8 Å². The van der Waals surface area contributed by atoms with E-state index < -0.39 is 5.97 Å². The van der Waals surface area contributed by atoms with Crippen LogP contribution in [0.3, 0.4) is 0 Å². The van der Waals surface area contributed by atoms with E-state index in [1.165, 1.54) is 6.92 Å². The van der Waals surface area contributed by atoms with Gasteiger partial charge in [-0.15, -0.1) is 0 Å². The summed E-state index contributed by atoms with van der Waals surface area (Å²) in [7, 11) is 0. The molecule has 0 aliphatic carbocycles. The minimum Gasteiger partial charge on any atom is -0.427 e. The van der Waals surface area contributed by atoms with Gasteiger partial charge in [0.1, 0.15) is 11.5 Å². The van der Waals surface area contributed by atoms with E-state index in [9.17, 15) is 9.59 Å². The molecule has 1 aliphatic rings. The van der Waals surface area contributed by atoms with Gasteiger partial charge in [-0.25, -0.2) is 0 Å². The van der Waals surface area contributed by atoms with Crippen molar-refractivity contribution in [1.29, 1.82) is 0 Å². The second kappa shape index (κ2) is 3.73. The van der Waals surface area contributed by atoms with Crippen LogP contribution in [0.15, 0.2) is 18.2 Å². The van der Waals surface area contributed by atoms with Crippen LogP contribution in [0.4, 0.5) is 0 Å². The van der Waals surface area contributed by atoms with E-state index in [2.05, 4.69) is 0 Å². The summed E-state index contributed by atoms with van der Waals surface area (Å²) in [5.74, 6) is 0.250. The third-order valence-corrected chi connectivity index (χ3v) is 2.12. The largest absolute Gasteiger partial charge is 0.427 e. The molecule has 4 nitrogen and oxygen atoms in total. The van der Waals surface area contributed by atoms with Gasteiger partial charge in [-0.05, 0) is 18.1 Å². The van der Waals surface area contributed by atoms with Crippen LogP contribution < -0.4 is 9.47 Å². The first kappa shape index (κ1) is 9.71. The number of esters is 2. The molecule has 1 aromatic rings. The Hall–Kier alpha value is -1.84. The number of fused-ring (bicyclic) bond motifs is 1. The second-order valence-electron chi connectivity index (χ2n) is 3.34. The fourth-order valence-electron chi connectivity index (χ4n) is 1.48. The van der Waals surface area contributed by atoms with Crippen LogP contribution in [0.1, 0.15) is 18.9 Å². The lowest BCUT2D eigenvalue weighted by molar-refractivity contribution is -0.135. The van der Waals surface area contributed by atoms with Crippen molar-refractivity contribution in [2.45, 2.75) is 19.8 Å². The molecule has 1 aliphatic heterocycles. The summed E-state index contributed by atoms with van der Waals surface area (Å²) in [5, 5.41) is 0. The highest BCUT2D eigenvalue weighted by Crippen LogP contribution is 2.29. The lowest BCUT2D eigenvalue weighted by atomic mass is 10.1. The maximum Gasteiger partial charge on any atom is 0.311 e. The molecule has 0 unspecified atom stereocenters. The molecule has 78 valence electrons. The summed E-state index contributed by atoms with van der Waals surface area (Å²) in [5.41, 5.74) is 0.963. The summed E-state index contributed by atoms with van der Waals surface area (Å²) in [6, 6.07) is 5.06. The zero-order valence-electron chi connectivity index (χ0n) is 8.28. The van der Waals surface area contributed by atoms with Crippen LogP contribution in [-0.2, 0) is 16.0 Å². The Morgan fingerprint density at radius 1 is 1.40 bits per heavy atom. The number of rotatable bonds is 1. The predicted octanol–water partition coefficient (Wildman–Crippen LogP) is 1.46. The van der Waals surface area contributed by atoms with E-state index in [0.717, 1.165) is 5.56 Å². The highest BCUT2D eigenvalue weighted by molar-refractivity contribution is 5.76. The average molecular weight is 206 g/mol. The third-order valence-electron chi connectivity index (χ3n) is 2.12. The summed E-state index contributed by atoms with van der Waals surface area (Å²) >= 11 is 0. The molecule has 1 aromatic carbocycles. The molecule has 0 spiro atoms. The Bertz CT molecular complexity index is 423. The predicted molar refractivity (Wildman–Crippen MR) is 51.7 cm³/mol. The molecule has 0 saturated heterocycles. The van der Waals surface area contributed by atoms with Gasteiger partial charge in [-0.2, -0.15) is 0 Å². The molecule has 0 atom stereocenters. The first-order valence-electron chi connectivity index (χ1n) is 4.67. The van der Waals surface area contributed by atoms with E-state index in [1.807, 2.05) is 0 Å². The van der Waals surface area contributed by atoms with Crippen LogP contribution in [0.5, 0.6) is 11.5 Å². The smallest absolute Gasteiger partial charge is 0.311 e. The van der Waals surface area contributed by atoms with Crippen LogP contribution in [0, 0.1) is 0 Å². The summed E-state index contributed by atoms with van der Waals surface area (Å²) < 4.78 is 9.91. The molecule has 0 radical (unpaired) electrons. The standard InChI is InChI=1S/C11H10O4/c1-7(12)14-9-4-2-8-3-5-11(13)15-10(8)6-9/h2,4,6H,3,5H2,1H3. The molecule has 1 heterocycles. The first-order chi connectivity index (χ1) is 7.15. The minimum absolute atomic E-state index is 0.248. The van der Waals surface area contributed by atoms with Gasteiger partial charge in [0.25, 0.3) is 0 Å². The lowest BCUT2D eigenvalue weighted by Crippen LogP contribution is -2.15. The van der Waals surface area contributed by atoms with Crippen molar-refractivity contribution in [2.24, 2.45) is 0 Å². The van der Waals surface area contributed by atoms with Crippen molar-refractivity contribution in [3.8, 4) is 11.5 Å². The normalized spacial score (nSPS) is 14.1. The third kappa shape index (κ3) is 2.15. The fraction of sp³-hybridized carbons (Fsp3) is 0.273.